The topological polar surface area (TPSA) is 217 Å². The summed E-state index contributed by atoms with van der Waals surface area (Å²) in [4.78, 5) is 25.2. The fourth-order valence-electron chi connectivity index (χ4n) is 6.04. The Morgan fingerprint density at radius 2 is 1.39 bits per heavy atom. The molecule has 0 spiro atoms. The van der Waals surface area contributed by atoms with E-state index in [1.807, 2.05) is 6.07 Å². The second kappa shape index (κ2) is 14.3. The highest BCUT2D eigenvalue weighted by atomic mass is 16.6. The van der Waals surface area contributed by atoms with E-state index in [0.717, 1.165) is 6.08 Å². The van der Waals surface area contributed by atoms with Gasteiger partial charge in [0.1, 0.15) is 5.75 Å². The Labute approximate surface area is 280 Å². The molecule has 0 aromatic heterocycles. The van der Waals surface area contributed by atoms with Crippen molar-refractivity contribution in [2.45, 2.75) is 31.3 Å². The molecule has 9 N–H and O–H groups in total. The third kappa shape index (κ3) is 7.24. The highest BCUT2D eigenvalue weighted by Gasteiger charge is 2.33. The highest BCUT2D eigenvalue weighted by molar-refractivity contribution is 5.92. The Morgan fingerprint density at radius 3 is 2.06 bits per heavy atom. The average molecular weight is 670 g/mol. The van der Waals surface area contributed by atoms with Gasteiger partial charge in [-0.15, -0.1) is 0 Å². The lowest BCUT2D eigenvalue weighted by molar-refractivity contribution is -0.162. The quantitative estimate of drug-likeness (QED) is 0.0474. The lowest BCUT2D eigenvalue weighted by atomic mass is 9.90. The fourth-order valence-corrected chi connectivity index (χ4v) is 6.04. The number of likely N-dealkylation sites (N-methyl/N-ethyl adjacent to an activating group) is 1. The molecule has 49 heavy (non-hydrogen) atoms. The summed E-state index contributed by atoms with van der Waals surface area (Å²) in [7, 11) is 1.57. The largest absolute Gasteiger partial charge is 0.508 e. The standard InChI is InChI=1S/C37H35NO11/c1-38-18-26(21-10-12-28(40)29(41)16-21)36(37(47)48)49-33(45)13-11-20-15-31(43)30(42)14-19(20)8-9-22-17-32(44)35(46)25-6-2-4-23-24(34(22)25)5-3-7-27(23)39/h3,5,7-17,26,36,38-44,46H,2,4,6,18H2,1H3,(H,47,48)/b9-8+,13-11+/t26-,36+/m0/s1. The molecular formula is C37H35NO11. The average Bonchev–Trinajstić information content (AvgIpc) is 3.26. The molecule has 2 atom stereocenters. The molecule has 12 nitrogen and oxygen atoms in total. The number of aliphatic carboxylic acids is 1. The number of carboxylic acid groups (broad SMARTS) is 1. The van der Waals surface area contributed by atoms with Gasteiger partial charge in [0, 0.05) is 29.7 Å². The van der Waals surface area contributed by atoms with Crippen LogP contribution in [0.2, 0.25) is 0 Å². The Morgan fingerprint density at radius 1 is 0.755 bits per heavy atom. The number of benzene rings is 4. The van der Waals surface area contributed by atoms with Crippen LogP contribution in [0.3, 0.4) is 0 Å². The number of rotatable bonds is 10. The number of aromatic hydroxyl groups is 7. The van der Waals surface area contributed by atoms with Gasteiger partial charge < -0.3 is 50.9 Å². The van der Waals surface area contributed by atoms with Crippen LogP contribution in [-0.2, 0) is 27.2 Å². The maximum atomic E-state index is 13.0. The number of hydrogen-bond donors (Lipinski definition) is 9. The summed E-state index contributed by atoms with van der Waals surface area (Å²) in [5, 5.41) is 84.8. The molecular weight excluding hydrogens is 634 g/mol. The minimum absolute atomic E-state index is 0.0412. The Balaban J connectivity index is 1.48. The summed E-state index contributed by atoms with van der Waals surface area (Å²) < 4.78 is 5.33. The van der Waals surface area contributed by atoms with Gasteiger partial charge in [-0.2, -0.15) is 0 Å². The van der Waals surface area contributed by atoms with Crippen molar-refractivity contribution in [3.8, 4) is 51.4 Å². The summed E-state index contributed by atoms with van der Waals surface area (Å²) in [5.74, 6) is -5.75. The van der Waals surface area contributed by atoms with E-state index < -0.39 is 47.0 Å². The van der Waals surface area contributed by atoms with Gasteiger partial charge in [-0.3, -0.25) is 0 Å². The van der Waals surface area contributed by atoms with Gasteiger partial charge in [0.05, 0.1) is 0 Å². The van der Waals surface area contributed by atoms with E-state index in [2.05, 4.69) is 5.32 Å². The maximum absolute atomic E-state index is 13.0. The summed E-state index contributed by atoms with van der Waals surface area (Å²) in [6, 6.07) is 12.7. The predicted molar refractivity (Wildman–Crippen MR) is 181 cm³/mol. The van der Waals surface area contributed by atoms with Crippen molar-refractivity contribution in [1.29, 1.82) is 0 Å². The number of carbonyl (C=O) groups is 2. The minimum atomic E-state index is -1.69. The first-order valence-electron chi connectivity index (χ1n) is 15.3. The van der Waals surface area contributed by atoms with Gasteiger partial charge in [-0.1, -0.05) is 30.4 Å². The van der Waals surface area contributed by atoms with Crippen molar-refractivity contribution >= 4 is 30.2 Å². The van der Waals surface area contributed by atoms with Crippen LogP contribution in [0.15, 0.2) is 60.7 Å². The number of carboxylic acids is 1. The lowest BCUT2D eigenvalue weighted by Gasteiger charge is -2.24. The number of fused-ring (bicyclic) bond motifs is 3. The van der Waals surface area contributed by atoms with Crippen LogP contribution in [0.1, 0.15) is 45.7 Å². The first kappa shape index (κ1) is 34.2. The lowest BCUT2D eigenvalue weighted by Crippen LogP contribution is -2.37. The SMILES string of the molecule is CNC[C@@H](c1ccc(O)c(O)c1)[C@@H](OC(=O)/C=C/c1cc(O)c(O)cc1/C=C/c1cc(O)c(O)c2c1-c1cccc(O)c1CCC2)C(=O)O. The Bertz CT molecular complexity index is 1980. The van der Waals surface area contributed by atoms with E-state index >= 15 is 0 Å². The second-order valence-corrected chi connectivity index (χ2v) is 11.6. The number of phenolic OH excluding ortho intramolecular Hbond substituents is 7. The van der Waals surface area contributed by atoms with Crippen LogP contribution >= 0.6 is 0 Å². The van der Waals surface area contributed by atoms with Crippen LogP contribution in [0, 0.1) is 0 Å². The number of esters is 1. The zero-order valence-electron chi connectivity index (χ0n) is 26.3. The molecule has 0 bridgehead atoms. The van der Waals surface area contributed by atoms with Crippen LogP contribution in [0.25, 0.3) is 29.4 Å². The molecule has 1 aliphatic carbocycles. The van der Waals surface area contributed by atoms with Crippen molar-refractivity contribution in [3.63, 3.8) is 0 Å². The summed E-state index contributed by atoms with van der Waals surface area (Å²) in [5.41, 5.74) is 3.83. The van der Waals surface area contributed by atoms with E-state index in [9.17, 15) is 50.4 Å². The molecule has 0 radical (unpaired) electrons. The molecule has 0 amide bonds. The number of phenols is 7. The number of carbonyl (C=O) groups excluding carboxylic acids is 1. The molecule has 1 aliphatic rings. The third-order valence-electron chi connectivity index (χ3n) is 8.41. The first-order chi connectivity index (χ1) is 23.4. The van der Waals surface area contributed by atoms with Crippen molar-refractivity contribution in [1.82, 2.24) is 5.32 Å². The number of hydrogen-bond acceptors (Lipinski definition) is 11. The number of nitrogens with one attached hydrogen (secondary N) is 1. The Kier molecular flexibility index (Phi) is 10.00. The van der Waals surface area contributed by atoms with Crippen molar-refractivity contribution in [3.05, 3.63) is 94.1 Å². The molecule has 12 heteroatoms. The molecule has 0 saturated heterocycles. The number of ether oxygens (including phenoxy) is 1. The van der Waals surface area contributed by atoms with Gasteiger partial charge in [-0.25, -0.2) is 9.59 Å². The summed E-state index contributed by atoms with van der Waals surface area (Å²) >= 11 is 0. The highest BCUT2D eigenvalue weighted by Crippen LogP contribution is 2.46. The molecule has 254 valence electrons. The van der Waals surface area contributed by atoms with Gasteiger partial charge in [0.2, 0.25) is 6.10 Å². The summed E-state index contributed by atoms with van der Waals surface area (Å²) in [6.45, 7) is 0.0412. The minimum Gasteiger partial charge on any atom is -0.508 e. The normalized spacial score (nSPS) is 13.8. The smallest absolute Gasteiger partial charge is 0.345 e. The zero-order chi connectivity index (χ0) is 35.4. The Hall–Kier alpha value is -6.14. The monoisotopic (exact) mass is 669 g/mol. The van der Waals surface area contributed by atoms with Crippen molar-refractivity contribution < 1.29 is 55.2 Å². The molecule has 0 heterocycles. The maximum Gasteiger partial charge on any atom is 0.345 e. The van der Waals surface area contributed by atoms with E-state index in [-0.39, 0.29) is 29.4 Å². The van der Waals surface area contributed by atoms with Crippen LogP contribution in [0.4, 0.5) is 0 Å². The molecule has 4 aromatic rings. The molecule has 0 fully saturated rings. The predicted octanol–water partition coefficient (Wildman–Crippen LogP) is 4.96. The zero-order valence-corrected chi connectivity index (χ0v) is 26.3. The third-order valence-corrected chi connectivity index (χ3v) is 8.41. The van der Waals surface area contributed by atoms with Gasteiger partial charge in [0.15, 0.2) is 34.5 Å². The van der Waals surface area contributed by atoms with Gasteiger partial charge in [0.25, 0.3) is 0 Å². The van der Waals surface area contributed by atoms with E-state index in [4.69, 9.17) is 4.74 Å². The van der Waals surface area contributed by atoms with Crippen LogP contribution in [-0.4, -0.2) is 72.5 Å². The first-order valence-corrected chi connectivity index (χ1v) is 15.3. The van der Waals surface area contributed by atoms with E-state index in [0.29, 0.717) is 58.2 Å². The van der Waals surface area contributed by atoms with Crippen LogP contribution in [0.5, 0.6) is 40.2 Å². The van der Waals surface area contributed by atoms with Crippen LogP contribution < -0.4 is 5.32 Å². The molecule has 5 rings (SSSR count). The van der Waals surface area contributed by atoms with Gasteiger partial charge in [-0.05, 0) is 102 Å². The van der Waals surface area contributed by atoms with E-state index in [1.54, 1.807) is 31.3 Å². The molecule has 4 aromatic carbocycles. The molecule has 0 unspecified atom stereocenters. The fraction of sp³-hybridized carbons (Fsp3) is 0.189. The van der Waals surface area contributed by atoms with Crippen molar-refractivity contribution in [2.24, 2.45) is 0 Å². The summed E-state index contributed by atoms with van der Waals surface area (Å²) in [6.07, 6.45) is 5.31. The van der Waals surface area contributed by atoms with Gasteiger partial charge >= 0.3 is 11.9 Å². The second-order valence-electron chi connectivity index (χ2n) is 11.6. The van der Waals surface area contributed by atoms with E-state index in [1.165, 1.54) is 42.5 Å². The molecule has 0 saturated carbocycles. The molecule has 0 aliphatic heterocycles. The van der Waals surface area contributed by atoms with Crippen molar-refractivity contribution in [2.75, 3.05) is 13.6 Å².